The van der Waals surface area contributed by atoms with Crippen molar-refractivity contribution in [2.45, 2.75) is 19.3 Å². The van der Waals surface area contributed by atoms with Crippen molar-refractivity contribution in [3.05, 3.63) is 47.2 Å². The summed E-state index contributed by atoms with van der Waals surface area (Å²) in [5, 5.41) is 8.43. The second kappa shape index (κ2) is 8.53. The summed E-state index contributed by atoms with van der Waals surface area (Å²) >= 11 is 1.48. The summed E-state index contributed by atoms with van der Waals surface area (Å²) in [7, 11) is 6.35. The number of methoxy groups -OCH3 is 4. The molecule has 1 aliphatic rings. The summed E-state index contributed by atoms with van der Waals surface area (Å²) in [6.45, 7) is 1.93. The van der Waals surface area contributed by atoms with Crippen molar-refractivity contribution in [3.63, 3.8) is 0 Å². The fourth-order valence-electron chi connectivity index (χ4n) is 4.46. The minimum absolute atomic E-state index is 0.113. The van der Waals surface area contributed by atoms with E-state index in [4.69, 9.17) is 29.0 Å². The van der Waals surface area contributed by atoms with Crippen molar-refractivity contribution in [1.29, 1.82) is 0 Å². The van der Waals surface area contributed by atoms with Crippen LogP contribution in [0, 0.1) is 6.92 Å². The zero-order valence-corrected chi connectivity index (χ0v) is 20.3. The van der Waals surface area contributed by atoms with Gasteiger partial charge in [0, 0.05) is 23.5 Å². The molecule has 2 aromatic carbocycles. The number of aromatic nitrogens is 3. The van der Waals surface area contributed by atoms with Crippen molar-refractivity contribution in [3.8, 4) is 28.1 Å². The number of anilines is 1. The maximum Gasteiger partial charge on any atom is 0.226 e. The van der Waals surface area contributed by atoms with Crippen LogP contribution in [0.2, 0.25) is 0 Å². The minimum Gasteiger partial charge on any atom is -0.497 e. The van der Waals surface area contributed by atoms with Crippen molar-refractivity contribution >= 4 is 33.3 Å². The van der Waals surface area contributed by atoms with Gasteiger partial charge in [0.25, 0.3) is 0 Å². The van der Waals surface area contributed by atoms with Gasteiger partial charge in [0.15, 0.2) is 11.5 Å². The molecular formula is C24H24N4O5S. The molecular weight excluding hydrogens is 456 g/mol. The third kappa shape index (κ3) is 3.41. The highest BCUT2D eigenvalue weighted by atomic mass is 32.1. The number of amides is 1. The molecule has 1 amide bonds. The number of carbonyl (C=O) groups excluding carboxylic acids is 1. The number of hydrogen-bond donors (Lipinski definition) is 1. The van der Waals surface area contributed by atoms with Gasteiger partial charge in [-0.25, -0.2) is 4.98 Å². The lowest BCUT2D eigenvalue weighted by molar-refractivity contribution is -0.116. The van der Waals surface area contributed by atoms with Gasteiger partial charge in [-0.05, 0) is 31.2 Å². The van der Waals surface area contributed by atoms with Gasteiger partial charge < -0.3 is 24.3 Å². The van der Waals surface area contributed by atoms with E-state index in [0.29, 0.717) is 28.2 Å². The predicted molar refractivity (Wildman–Crippen MR) is 129 cm³/mol. The summed E-state index contributed by atoms with van der Waals surface area (Å²) in [4.78, 5) is 17.6. The number of fused-ring (bicyclic) bond motifs is 2. The van der Waals surface area contributed by atoms with Crippen molar-refractivity contribution in [1.82, 2.24) is 14.8 Å². The summed E-state index contributed by atoms with van der Waals surface area (Å²) in [5.74, 6) is 2.56. The Balaban J connectivity index is 1.67. The minimum atomic E-state index is -0.276. The third-order valence-electron chi connectivity index (χ3n) is 5.98. The van der Waals surface area contributed by atoms with Crippen molar-refractivity contribution in [2.24, 2.45) is 0 Å². The molecule has 4 aromatic rings. The molecule has 1 N–H and O–H groups in total. The SMILES string of the molecule is COc1ccc2nc(-n3nc(C)c4c3NC(=O)C[C@@H]4c3ccc(OC)c(OC)c3OC)sc2c1. The fourth-order valence-corrected chi connectivity index (χ4v) is 5.41. The number of ether oxygens (including phenoxy) is 4. The first kappa shape index (κ1) is 22.0. The molecule has 0 bridgehead atoms. The Morgan fingerprint density at radius 2 is 1.82 bits per heavy atom. The molecule has 3 heterocycles. The number of aryl methyl sites for hydroxylation is 1. The molecule has 0 radical (unpaired) electrons. The van der Waals surface area contributed by atoms with Crippen LogP contribution in [0.15, 0.2) is 30.3 Å². The van der Waals surface area contributed by atoms with Gasteiger partial charge >= 0.3 is 0 Å². The number of nitrogens with zero attached hydrogens (tertiary/aromatic N) is 3. The zero-order chi connectivity index (χ0) is 24.0. The average molecular weight is 481 g/mol. The molecule has 0 saturated carbocycles. The lowest BCUT2D eigenvalue weighted by Crippen LogP contribution is -2.25. The van der Waals surface area contributed by atoms with E-state index in [1.807, 2.05) is 37.3 Å². The predicted octanol–water partition coefficient (Wildman–Crippen LogP) is 4.30. The van der Waals surface area contributed by atoms with Crippen molar-refractivity contribution < 1.29 is 23.7 Å². The first-order valence-electron chi connectivity index (χ1n) is 10.6. The van der Waals surface area contributed by atoms with Gasteiger partial charge in [-0.1, -0.05) is 17.4 Å². The van der Waals surface area contributed by atoms with Crippen LogP contribution in [-0.2, 0) is 4.79 Å². The largest absolute Gasteiger partial charge is 0.497 e. The normalized spacial score (nSPS) is 15.1. The summed E-state index contributed by atoms with van der Waals surface area (Å²) in [6, 6.07) is 9.45. The van der Waals surface area contributed by atoms with Gasteiger partial charge in [0.1, 0.15) is 11.6 Å². The van der Waals surface area contributed by atoms with Crippen LogP contribution in [0.4, 0.5) is 5.82 Å². The third-order valence-corrected chi connectivity index (χ3v) is 6.97. The highest BCUT2D eigenvalue weighted by Crippen LogP contribution is 2.48. The van der Waals surface area contributed by atoms with Gasteiger partial charge in [-0.3, -0.25) is 4.79 Å². The lowest BCUT2D eigenvalue weighted by Gasteiger charge is -2.26. The van der Waals surface area contributed by atoms with Crippen LogP contribution in [0.5, 0.6) is 23.0 Å². The van der Waals surface area contributed by atoms with E-state index in [9.17, 15) is 4.79 Å². The Morgan fingerprint density at radius 1 is 1.03 bits per heavy atom. The zero-order valence-electron chi connectivity index (χ0n) is 19.5. The number of carbonyl (C=O) groups is 1. The van der Waals surface area contributed by atoms with Crippen LogP contribution >= 0.6 is 11.3 Å². The van der Waals surface area contributed by atoms with Crippen LogP contribution in [0.25, 0.3) is 15.3 Å². The smallest absolute Gasteiger partial charge is 0.226 e. The first-order chi connectivity index (χ1) is 16.5. The van der Waals surface area contributed by atoms with Crippen LogP contribution < -0.4 is 24.3 Å². The maximum atomic E-state index is 12.9. The second-order valence-corrected chi connectivity index (χ2v) is 8.83. The van der Waals surface area contributed by atoms with E-state index in [1.54, 1.807) is 33.1 Å². The molecule has 1 atom stereocenters. The summed E-state index contributed by atoms with van der Waals surface area (Å²) < 4.78 is 24.7. The number of rotatable bonds is 6. The molecule has 176 valence electrons. The van der Waals surface area contributed by atoms with E-state index >= 15 is 0 Å². The van der Waals surface area contributed by atoms with Crippen molar-refractivity contribution in [2.75, 3.05) is 33.8 Å². The van der Waals surface area contributed by atoms with Crippen LogP contribution in [-0.4, -0.2) is 49.1 Å². The molecule has 34 heavy (non-hydrogen) atoms. The van der Waals surface area contributed by atoms with Gasteiger partial charge in [0.2, 0.25) is 16.8 Å². The Kier molecular flexibility index (Phi) is 5.52. The van der Waals surface area contributed by atoms with E-state index in [-0.39, 0.29) is 18.2 Å². The molecule has 0 spiro atoms. The summed E-state index contributed by atoms with van der Waals surface area (Å²) in [6.07, 6.45) is 0.252. The topological polar surface area (TPSA) is 96.7 Å². The average Bonchev–Trinajstić information content (AvgIpc) is 3.42. The monoisotopic (exact) mass is 480 g/mol. The molecule has 9 nitrogen and oxygen atoms in total. The first-order valence-corrected chi connectivity index (χ1v) is 11.4. The highest BCUT2D eigenvalue weighted by molar-refractivity contribution is 7.20. The lowest BCUT2D eigenvalue weighted by atomic mass is 9.85. The van der Waals surface area contributed by atoms with Crippen LogP contribution in [0.1, 0.15) is 29.2 Å². The molecule has 0 aliphatic carbocycles. The molecule has 0 fully saturated rings. The number of benzene rings is 2. The fraction of sp³-hybridized carbons (Fsp3) is 0.292. The van der Waals surface area contributed by atoms with E-state index < -0.39 is 0 Å². The van der Waals surface area contributed by atoms with Crippen LogP contribution in [0.3, 0.4) is 0 Å². The molecule has 5 rings (SSSR count). The molecule has 0 unspecified atom stereocenters. The van der Waals surface area contributed by atoms with E-state index in [0.717, 1.165) is 32.8 Å². The number of nitrogens with one attached hydrogen (secondary N) is 1. The van der Waals surface area contributed by atoms with Gasteiger partial charge in [0.05, 0.1) is 44.3 Å². The number of thiazole rings is 1. The second-order valence-electron chi connectivity index (χ2n) is 7.82. The summed E-state index contributed by atoms with van der Waals surface area (Å²) in [5.41, 5.74) is 3.38. The molecule has 0 saturated heterocycles. The van der Waals surface area contributed by atoms with E-state index in [1.165, 1.54) is 11.3 Å². The Morgan fingerprint density at radius 3 is 2.53 bits per heavy atom. The Bertz CT molecular complexity index is 1410. The number of hydrogen-bond acceptors (Lipinski definition) is 8. The Hall–Kier alpha value is -3.79. The quantitative estimate of drug-likeness (QED) is 0.439. The standard InChI is InChI=1S/C24H24N4O5S/c1-12-20-15(14-7-9-17(31-3)22(33-5)21(14)32-4)11-19(29)26-23(20)28(27-12)24-25-16-8-6-13(30-2)10-18(16)34-24/h6-10,15H,11H2,1-5H3,(H,26,29)/t15-/m1/s1. The maximum absolute atomic E-state index is 12.9. The molecule has 2 aromatic heterocycles. The molecule has 10 heteroatoms. The Labute approximate surface area is 200 Å². The van der Waals surface area contributed by atoms with E-state index in [2.05, 4.69) is 5.32 Å². The van der Waals surface area contributed by atoms with Gasteiger partial charge in [-0.2, -0.15) is 9.78 Å². The van der Waals surface area contributed by atoms with Gasteiger partial charge in [-0.15, -0.1) is 0 Å². The highest BCUT2D eigenvalue weighted by Gasteiger charge is 2.36. The molecule has 1 aliphatic heterocycles.